The van der Waals surface area contributed by atoms with Gasteiger partial charge in [0.2, 0.25) is 0 Å². The number of nitrogens with one attached hydrogen (secondary N) is 1. The molecule has 0 saturated heterocycles. The summed E-state index contributed by atoms with van der Waals surface area (Å²) in [7, 11) is 0. The molecule has 1 N–H and O–H groups in total. The zero-order valence-corrected chi connectivity index (χ0v) is 14.3. The first kappa shape index (κ1) is 15.0. The molecule has 6 nitrogen and oxygen atoms in total. The number of amides is 1. The summed E-state index contributed by atoms with van der Waals surface area (Å²) in [6.07, 6.45) is 4.10. The molecule has 0 spiro atoms. The lowest BCUT2D eigenvalue weighted by atomic mass is 10.2. The second kappa shape index (κ2) is 5.83. The van der Waals surface area contributed by atoms with E-state index < -0.39 is 0 Å². The molecular formula is C17H17N5OS. The predicted molar refractivity (Wildman–Crippen MR) is 92.9 cm³/mol. The summed E-state index contributed by atoms with van der Waals surface area (Å²) in [5.74, 6) is 1.22. The fourth-order valence-corrected chi connectivity index (χ4v) is 3.36. The zero-order chi connectivity index (χ0) is 16.7. The van der Waals surface area contributed by atoms with Gasteiger partial charge in [0.05, 0.1) is 28.8 Å². The maximum Gasteiger partial charge on any atom is 0.267 e. The number of carbonyl (C=O) groups is 1. The molecular weight excluding hydrogens is 322 g/mol. The van der Waals surface area contributed by atoms with Crippen molar-refractivity contribution in [2.45, 2.75) is 32.6 Å². The average Bonchev–Trinajstić information content (AvgIpc) is 3.21. The fraction of sp³-hybridized carbons (Fsp3) is 0.294. The molecule has 0 radical (unpaired) electrons. The summed E-state index contributed by atoms with van der Waals surface area (Å²) in [5, 5.41) is 7.40. The lowest BCUT2D eigenvalue weighted by Crippen LogP contribution is -2.12. The first-order valence-electron chi connectivity index (χ1n) is 7.86. The van der Waals surface area contributed by atoms with Crippen LogP contribution in [0.25, 0.3) is 5.82 Å². The van der Waals surface area contributed by atoms with E-state index in [1.807, 2.05) is 30.7 Å². The second-order valence-corrected chi connectivity index (χ2v) is 6.88. The highest BCUT2D eigenvalue weighted by Crippen LogP contribution is 2.40. The van der Waals surface area contributed by atoms with Crippen LogP contribution in [0.2, 0.25) is 0 Å². The highest BCUT2D eigenvalue weighted by Gasteiger charge is 2.28. The first-order valence-corrected chi connectivity index (χ1v) is 8.74. The van der Waals surface area contributed by atoms with Crippen molar-refractivity contribution in [1.29, 1.82) is 0 Å². The van der Waals surface area contributed by atoms with Gasteiger partial charge in [0.1, 0.15) is 4.88 Å². The molecule has 1 saturated carbocycles. The Labute approximate surface area is 143 Å². The van der Waals surface area contributed by atoms with Gasteiger partial charge in [0.25, 0.3) is 5.91 Å². The van der Waals surface area contributed by atoms with Crippen molar-refractivity contribution in [2.75, 3.05) is 5.32 Å². The molecule has 1 amide bonds. The van der Waals surface area contributed by atoms with Crippen LogP contribution >= 0.6 is 11.3 Å². The molecule has 1 aliphatic rings. The second-order valence-electron chi connectivity index (χ2n) is 6.02. The van der Waals surface area contributed by atoms with Gasteiger partial charge in [-0.25, -0.2) is 14.6 Å². The number of aryl methyl sites for hydroxylation is 2. The first-order chi connectivity index (χ1) is 11.6. The van der Waals surface area contributed by atoms with E-state index >= 15 is 0 Å². The Morgan fingerprint density at radius 3 is 2.75 bits per heavy atom. The van der Waals surface area contributed by atoms with Gasteiger partial charge in [-0.3, -0.25) is 4.79 Å². The van der Waals surface area contributed by atoms with E-state index in [1.165, 1.54) is 29.9 Å². The Balaban J connectivity index is 1.55. The minimum absolute atomic E-state index is 0.154. The summed E-state index contributed by atoms with van der Waals surface area (Å²) < 4.78 is 1.91. The number of hydrogen-bond donors (Lipinski definition) is 1. The largest absolute Gasteiger partial charge is 0.320 e. The third-order valence-corrected chi connectivity index (χ3v) is 4.96. The minimum Gasteiger partial charge on any atom is -0.320 e. The van der Waals surface area contributed by atoms with Gasteiger partial charge in [0, 0.05) is 11.6 Å². The predicted octanol–water partition coefficient (Wildman–Crippen LogP) is 3.47. The average molecular weight is 339 g/mol. The molecule has 0 atom stereocenters. The van der Waals surface area contributed by atoms with Crippen molar-refractivity contribution < 1.29 is 4.79 Å². The van der Waals surface area contributed by atoms with E-state index in [0.717, 1.165) is 17.2 Å². The maximum atomic E-state index is 12.2. The van der Waals surface area contributed by atoms with Gasteiger partial charge >= 0.3 is 0 Å². The summed E-state index contributed by atoms with van der Waals surface area (Å²) in [5.41, 5.74) is 5.29. The Morgan fingerprint density at radius 2 is 2.12 bits per heavy atom. The van der Waals surface area contributed by atoms with E-state index in [2.05, 4.69) is 26.4 Å². The van der Waals surface area contributed by atoms with E-state index in [1.54, 1.807) is 11.7 Å². The van der Waals surface area contributed by atoms with Gasteiger partial charge in [-0.2, -0.15) is 5.10 Å². The quantitative estimate of drug-likeness (QED) is 0.790. The number of nitrogens with zero attached hydrogens (tertiary/aromatic N) is 4. The Hall–Kier alpha value is -2.54. The third kappa shape index (κ3) is 2.82. The lowest BCUT2D eigenvalue weighted by molar-refractivity contribution is 0.103. The van der Waals surface area contributed by atoms with Crippen molar-refractivity contribution in [3.8, 4) is 5.82 Å². The van der Waals surface area contributed by atoms with E-state index in [9.17, 15) is 4.79 Å². The van der Waals surface area contributed by atoms with Crippen LogP contribution in [-0.4, -0.2) is 25.7 Å². The minimum atomic E-state index is -0.154. The van der Waals surface area contributed by atoms with Crippen LogP contribution in [0, 0.1) is 13.8 Å². The van der Waals surface area contributed by atoms with Crippen molar-refractivity contribution in [3.63, 3.8) is 0 Å². The monoisotopic (exact) mass is 339 g/mol. The van der Waals surface area contributed by atoms with Crippen LogP contribution in [0.4, 0.5) is 5.69 Å². The number of aromatic nitrogens is 4. The topological polar surface area (TPSA) is 72.7 Å². The van der Waals surface area contributed by atoms with Crippen molar-refractivity contribution in [2.24, 2.45) is 0 Å². The Morgan fingerprint density at radius 1 is 1.29 bits per heavy atom. The molecule has 4 rings (SSSR count). The van der Waals surface area contributed by atoms with Gasteiger partial charge < -0.3 is 5.32 Å². The van der Waals surface area contributed by atoms with Crippen LogP contribution in [0.3, 0.4) is 0 Å². The summed E-state index contributed by atoms with van der Waals surface area (Å²) in [6.45, 7) is 3.82. The Bertz CT molecular complexity index is 892. The molecule has 24 heavy (non-hydrogen) atoms. The summed E-state index contributed by atoms with van der Waals surface area (Å²) in [6, 6.07) is 5.86. The molecule has 0 unspecified atom stereocenters. The molecule has 3 aromatic rings. The van der Waals surface area contributed by atoms with Crippen molar-refractivity contribution in [3.05, 3.63) is 51.9 Å². The normalized spacial score (nSPS) is 13.9. The zero-order valence-electron chi connectivity index (χ0n) is 13.5. The molecule has 0 bridgehead atoms. The van der Waals surface area contributed by atoms with Crippen molar-refractivity contribution in [1.82, 2.24) is 19.7 Å². The standard InChI is InChI=1S/C17H17N5OS/c1-10-7-14(12-3-4-12)22(21-10)15-6-5-13(8-18-15)20-17(23)16-11(2)19-9-24-16/h5-9,12H,3-4H2,1-2H3,(H,20,23). The van der Waals surface area contributed by atoms with E-state index in [-0.39, 0.29) is 5.91 Å². The summed E-state index contributed by atoms with van der Waals surface area (Å²) in [4.78, 5) is 21.4. The highest BCUT2D eigenvalue weighted by atomic mass is 32.1. The SMILES string of the molecule is Cc1cc(C2CC2)n(-c2ccc(NC(=O)c3scnc3C)cn2)n1. The molecule has 122 valence electrons. The molecule has 3 heterocycles. The summed E-state index contributed by atoms with van der Waals surface area (Å²) >= 11 is 1.33. The number of hydrogen-bond acceptors (Lipinski definition) is 5. The number of rotatable bonds is 4. The number of pyridine rings is 1. The highest BCUT2D eigenvalue weighted by molar-refractivity contribution is 7.12. The fourth-order valence-electron chi connectivity index (χ4n) is 2.67. The smallest absolute Gasteiger partial charge is 0.267 e. The van der Waals surface area contributed by atoms with Crippen LogP contribution in [-0.2, 0) is 0 Å². The molecule has 7 heteroatoms. The van der Waals surface area contributed by atoms with Gasteiger partial charge in [-0.1, -0.05) is 0 Å². The van der Waals surface area contributed by atoms with Crippen LogP contribution in [0.1, 0.15) is 45.5 Å². The van der Waals surface area contributed by atoms with Gasteiger partial charge in [0.15, 0.2) is 5.82 Å². The molecule has 0 aliphatic heterocycles. The van der Waals surface area contributed by atoms with Crippen LogP contribution in [0.5, 0.6) is 0 Å². The van der Waals surface area contributed by atoms with Crippen molar-refractivity contribution >= 4 is 22.9 Å². The van der Waals surface area contributed by atoms with Gasteiger partial charge in [-0.05, 0) is 44.9 Å². The molecule has 1 fully saturated rings. The number of thiazole rings is 1. The number of carbonyl (C=O) groups excluding carboxylic acids is 1. The third-order valence-electron chi connectivity index (χ3n) is 4.03. The molecule has 1 aliphatic carbocycles. The lowest BCUT2D eigenvalue weighted by Gasteiger charge is -2.08. The number of anilines is 1. The molecule has 3 aromatic heterocycles. The van der Waals surface area contributed by atoms with E-state index in [4.69, 9.17) is 0 Å². The van der Waals surface area contributed by atoms with Gasteiger partial charge in [-0.15, -0.1) is 11.3 Å². The molecule has 0 aromatic carbocycles. The van der Waals surface area contributed by atoms with Crippen LogP contribution < -0.4 is 5.32 Å². The van der Waals surface area contributed by atoms with Crippen LogP contribution in [0.15, 0.2) is 29.9 Å². The van der Waals surface area contributed by atoms with E-state index in [0.29, 0.717) is 16.5 Å². The maximum absolute atomic E-state index is 12.2. The Kier molecular flexibility index (Phi) is 3.65.